The van der Waals surface area contributed by atoms with Crippen LogP contribution in [-0.4, -0.2) is 19.7 Å². The van der Waals surface area contributed by atoms with Crippen molar-refractivity contribution in [3.8, 4) is 0 Å². The van der Waals surface area contributed by atoms with Gasteiger partial charge in [-0.05, 0) is 25.3 Å². The van der Waals surface area contributed by atoms with E-state index in [4.69, 9.17) is 4.98 Å². The van der Waals surface area contributed by atoms with Crippen molar-refractivity contribution in [1.82, 2.24) is 19.7 Å². The van der Waals surface area contributed by atoms with Crippen LogP contribution in [0.5, 0.6) is 0 Å². The monoisotopic (exact) mass is 280 g/mol. The number of fused-ring (bicyclic) bond motifs is 1. The van der Waals surface area contributed by atoms with Gasteiger partial charge in [0.1, 0.15) is 11.3 Å². The molecule has 2 heterocycles. The summed E-state index contributed by atoms with van der Waals surface area (Å²) in [5.41, 5.74) is 4.40. The van der Waals surface area contributed by atoms with Gasteiger partial charge < -0.3 is 4.98 Å². The molecule has 4 rings (SSSR count). The fourth-order valence-corrected chi connectivity index (χ4v) is 3.36. The topological polar surface area (TPSA) is 46.5 Å². The Balaban J connectivity index is 1.72. The maximum absolute atomic E-state index is 4.86. The lowest BCUT2D eigenvalue weighted by Gasteiger charge is -2.04. The molecule has 0 saturated heterocycles. The van der Waals surface area contributed by atoms with E-state index in [9.17, 15) is 0 Å². The molecule has 1 aliphatic carbocycles. The minimum Gasteiger partial charge on any atom is -0.339 e. The molecule has 0 radical (unpaired) electrons. The largest absolute Gasteiger partial charge is 0.339 e. The average Bonchev–Trinajstić information content (AvgIpc) is 3.20. The smallest absolute Gasteiger partial charge is 0.176 e. The second-order valence-electron chi connectivity index (χ2n) is 6.03. The molecule has 2 aromatic heterocycles. The van der Waals surface area contributed by atoms with E-state index >= 15 is 0 Å². The van der Waals surface area contributed by atoms with Crippen LogP contribution in [-0.2, 0) is 6.54 Å². The lowest BCUT2D eigenvalue weighted by Crippen LogP contribution is -2.03. The molecule has 1 aliphatic rings. The Morgan fingerprint density at radius 2 is 1.95 bits per heavy atom. The van der Waals surface area contributed by atoms with Gasteiger partial charge in [-0.15, -0.1) is 0 Å². The van der Waals surface area contributed by atoms with E-state index < -0.39 is 0 Å². The summed E-state index contributed by atoms with van der Waals surface area (Å²) >= 11 is 0. The van der Waals surface area contributed by atoms with Crippen molar-refractivity contribution in [3.63, 3.8) is 0 Å². The Labute approximate surface area is 124 Å². The van der Waals surface area contributed by atoms with Crippen molar-refractivity contribution in [1.29, 1.82) is 0 Å². The van der Waals surface area contributed by atoms with Crippen LogP contribution in [0.3, 0.4) is 0 Å². The summed E-state index contributed by atoms with van der Waals surface area (Å²) in [5.74, 6) is 1.77. The first-order chi connectivity index (χ1) is 10.3. The second-order valence-corrected chi connectivity index (χ2v) is 6.03. The van der Waals surface area contributed by atoms with E-state index in [0.29, 0.717) is 5.92 Å². The molecule has 108 valence electrons. The molecule has 1 aromatic carbocycles. The van der Waals surface area contributed by atoms with E-state index in [1.165, 1.54) is 31.2 Å². The highest BCUT2D eigenvalue weighted by Crippen LogP contribution is 2.33. The first kappa shape index (κ1) is 12.6. The van der Waals surface area contributed by atoms with Gasteiger partial charge in [0.05, 0.1) is 12.2 Å². The van der Waals surface area contributed by atoms with Crippen LogP contribution >= 0.6 is 0 Å². The molecule has 1 N–H and O–H groups in total. The first-order valence-corrected chi connectivity index (χ1v) is 7.78. The van der Waals surface area contributed by atoms with Crippen molar-refractivity contribution in [2.24, 2.45) is 0 Å². The minimum atomic E-state index is 0.613. The van der Waals surface area contributed by atoms with Crippen LogP contribution in [0.2, 0.25) is 0 Å². The maximum Gasteiger partial charge on any atom is 0.176 e. The van der Waals surface area contributed by atoms with Gasteiger partial charge in [0.25, 0.3) is 0 Å². The SMILES string of the molecule is Cc1nn(Cc2ccccc2)c2nc(C3CCCC3)[nH]c12. The summed E-state index contributed by atoms with van der Waals surface area (Å²) in [6, 6.07) is 10.4. The molecule has 3 aromatic rings. The number of H-pyrrole nitrogens is 1. The number of aromatic amines is 1. The third-order valence-corrected chi connectivity index (χ3v) is 4.50. The Kier molecular flexibility index (Phi) is 3.02. The molecular weight excluding hydrogens is 260 g/mol. The average molecular weight is 280 g/mol. The van der Waals surface area contributed by atoms with E-state index in [0.717, 1.165) is 29.2 Å². The van der Waals surface area contributed by atoms with E-state index in [-0.39, 0.29) is 0 Å². The van der Waals surface area contributed by atoms with Gasteiger partial charge in [-0.2, -0.15) is 5.10 Å². The molecule has 21 heavy (non-hydrogen) atoms. The van der Waals surface area contributed by atoms with Gasteiger partial charge in [0, 0.05) is 5.92 Å². The van der Waals surface area contributed by atoms with Gasteiger partial charge >= 0.3 is 0 Å². The highest BCUT2D eigenvalue weighted by molar-refractivity contribution is 5.74. The van der Waals surface area contributed by atoms with Crippen LogP contribution in [0.15, 0.2) is 30.3 Å². The predicted molar refractivity (Wildman–Crippen MR) is 83.4 cm³/mol. The number of imidazole rings is 1. The molecule has 1 fully saturated rings. The van der Waals surface area contributed by atoms with Gasteiger partial charge in [0.2, 0.25) is 0 Å². The number of rotatable bonds is 3. The van der Waals surface area contributed by atoms with Crippen molar-refractivity contribution in [2.75, 3.05) is 0 Å². The summed E-state index contributed by atoms with van der Waals surface area (Å²) in [4.78, 5) is 8.37. The molecule has 0 spiro atoms. The fourth-order valence-electron chi connectivity index (χ4n) is 3.36. The number of nitrogens with zero attached hydrogens (tertiary/aromatic N) is 3. The van der Waals surface area contributed by atoms with E-state index in [1.807, 2.05) is 10.7 Å². The third kappa shape index (κ3) is 2.24. The first-order valence-electron chi connectivity index (χ1n) is 7.78. The maximum atomic E-state index is 4.86. The quantitative estimate of drug-likeness (QED) is 0.793. The number of hydrogen-bond acceptors (Lipinski definition) is 2. The van der Waals surface area contributed by atoms with Gasteiger partial charge in [-0.1, -0.05) is 43.2 Å². The molecule has 4 heteroatoms. The van der Waals surface area contributed by atoms with Crippen molar-refractivity contribution < 1.29 is 0 Å². The zero-order chi connectivity index (χ0) is 14.2. The van der Waals surface area contributed by atoms with E-state index in [2.05, 4.69) is 41.3 Å². The van der Waals surface area contributed by atoms with Crippen molar-refractivity contribution in [3.05, 3.63) is 47.4 Å². The number of aromatic nitrogens is 4. The Morgan fingerprint density at radius 1 is 1.19 bits per heavy atom. The molecule has 0 atom stereocenters. The van der Waals surface area contributed by atoms with Gasteiger partial charge in [-0.3, -0.25) is 0 Å². The highest BCUT2D eigenvalue weighted by Gasteiger charge is 2.22. The standard InChI is InChI=1S/C17H20N4/c1-12-15-17(19-16(18-15)14-9-5-6-10-14)21(20-12)11-13-7-3-2-4-8-13/h2-4,7-8,14H,5-6,9-11H2,1H3,(H,18,19). The summed E-state index contributed by atoms with van der Waals surface area (Å²) in [6.07, 6.45) is 5.19. The molecule has 1 saturated carbocycles. The lowest BCUT2D eigenvalue weighted by atomic mass is 10.1. The Hall–Kier alpha value is -2.10. The summed E-state index contributed by atoms with van der Waals surface area (Å²) in [5, 5.41) is 4.64. The van der Waals surface area contributed by atoms with Crippen molar-refractivity contribution in [2.45, 2.75) is 45.1 Å². The third-order valence-electron chi connectivity index (χ3n) is 4.50. The molecule has 0 unspecified atom stereocenters. The molecule has 0 aliphatic heterocycles. The Bertz CT molecular complexity index is 748. The van der Waals surface area contributed by atoms with Gasteiger partial charge in [0.15, 0.2) is 5.65 Å². The normalized spacial score (nSPS) is 16.0. The second kappa shape index (κ2) is 5.02. The molecular formula is C17H20N4. The molecule has 0 amide bonds. The number of aryl methyl sites for hydroxylation is 1. The Morgan fingerprint density at radius 3 is 2.71 bits per heavy atom. The van der Waals surface area contributed by atoms with Gasteiger partial charge in [-0.25, -0.2) is 9.67 Å². The highest BCUT2D eigenvalue weighted by atomic mass is 15.3. The number of nitrogens with one attached hydrogen (secondary N) is 1. The molecule has 0 bridgehead atoms. The minimum absolute atomic E-state index is 0.613. The van der Waals surface area contributed by atoms with Crippen LogP contribution < -0.4 is 0 Å². The molecule has 4 nitrogen and oxygen atoms in total. The zero-order valence-electron chi connectivity index (χ0n) is 12.3. The zero-order valence-corrected chi connectivity index (χ0v) is 12.3. The number of hydrogen-bond donors (Lipinski definition) is 1. The predicted octanol–water partition coefficient (Wildman–Crippen LogP) is 3.77. The number of benzene rings is 1. The van der Waals surface area contributed by atoms with Crippen LogP contribution in [0.1, 0.15) is 48.7 Å². The summed E-state index contributed by atoms with van der Waals surface area (Å²) < 4.78 is 2.02. The fraction of sp³-hybridized carbons (Fsp3) is 0.412. The lowest BCUT2D eigenvalue weighted by molar-refractivity contribution is 0.664. The summed E-state index contributed by atoms with van der Waals surface area (Å²) in [7, 11) is 0. The summed E-state index contributed by atoms with van der Waals surface area (Å²) in [6.45, 7) is 2.83. The van der Waals surface area contributed by atoms with Crippen LogP contribution in [0.4, 0.5) is 0 Å². The van der Waals surface area contributed by atoms with Crippen molar-refractivity contribution >= 4 is 11.2 Å². The van der Waals surface area contributed by atoms with E-state index in [1.54, 1.807) is 0 Å². The van der Waals surface area contributed by atoms with Crippen LogP contribution in [0.25, 0.3) is 11.2 Å². The van der Waals surface area contributed by atoms with Crippen LogP contribution in [0, 0.1) is 6.92 Å².